The number of anilines is 3. The fourth-order valence-corrected chi connectivity index (χ4v) is 4.16. The summed E-state index contributed by atoms with van der Waals surface area (Å²) in [6.45, 7) is 2.89. The number of aromatic nitrogens is 1. The molecule has 3 aromatic rings. The Balaban J connectivity index is 1.27. The first-order valence-corrected chi connectivity index (χ1v) is 10.9. The molecule has 0 aliphatic carbocycles. The van der Waals surface area contributed by atoms with E-state index in [4.69, 9.17) is 0 Å². The zero-order valence-electron chi connectivity index (χ0n) is 17.0. The molecule has 0 spiro atoms. The average Bonchev–Trinajstić information content (AvgIpc) is 3.21. The smallest absolute Gasteiger partial charge is 0.406 e. The Labute approximate surface area is 187 Å². The highest BCUT2D eigenvalue weighted by Crippen LogP contribution is 2.26. The Kier molecular flexibility index (Phi) is 6.50. The number of nitrogens with one attached hydrogen (secondary N) is 1. The van der Waals surface area contributed by atoms with E-state index in [-0.39, 0.29) is 18.1 Å². The second-order valence-electron chi connectivity index (χ2n) is 7.22. The molecule has 0 unspecified atom stereocenters. The topological polar surface area (TPSA) is 57.7 Å². The second-order valence-corrected chi connectivity index (χ2v) is 8.08. The number of alkyl halides is 3. The van der Waals surface area contributed by atoms with E-state index >= 15 is 0 Å². The standard InChI is InChI=1S/C22H21F3N4O2S/c23-22(24,25)31-19-8-6-16(7-9-19)26-21-27-17(15-32-21)14-20(30)29-12-10-28(11-13-29)18-4-2-1-3-5-18/h1-9,15H,10-14H2,(H,26,27). The van der Waals surface area contributed by atoms with Crippen molar-refractivity contribution in [3.63, 3.8) is 0 Å². The average molecular weight is 462 g/mol. The van der Waals surface area contributed by atoms with Crippen LogP contribution in [-0.2, 0) is 11.2 Å². The van der Waals surface area contributed by atoms with Crippen molar-refractivity contribution in [1.29, 1.82) is 0 Å². The van der Waals surface area contributed by atoms with Gasteiger partial charge in [-0.05, 0) is 36.4 Å². The molecule has 4 rings (SSSR count). The fraction of sp³-hybridized carbons (Fsp3) is 0.273. The van der Waals surface area contributed by atoms with E-state index in [0.29, 0.717) is 29.6 Å². The van der Waals surface area contributed by atoms with E-state index in [0.717, 1.165) is 18.8 Å². The van der Waals surface area contributed by atoms with Crippen LogP contribution in [0.5, 0.6) is 5.75 Å². The number of nitrogens with zero attached hydrogens (tertiary/aromatic N) is 3. The molecule has 1 fully saturated rings. The molecule has 1 amide bonds. The quantitative estimate of drug-likeness (QED) is 0.577. The van der Waals surface area contributed by atoms with Crippen molar-refractivity contribution < 1.29 is 22.7 Å². The molecule has 0 saturated carbocycles. The maximum atomic E-state index is 12.7. The van der Waals surface area contributed by atoms with E-state index < -0.39 is 6.36 Å². The number of amides is 1. The lowest BCUT2D eigenvalue weighted by molar-refractivity contribution is -0.274. The van der Waals surface area contributed by atoms with Gasteiger partial charge in [-0.15, -0.1) is 24.5 Å². The number of piperazine rings is 1. The minimum atomic E-state index is -4.72. The van der Waals surface area contributed by atoms with Crippen molar-refractivity contribution in [3.05, 3.63) is 65.7 Å². The number of hydrogen-bond donors (Lipinski definition) is 1. The number of rotatable bonds is 6. The molecule has 1 aromatic heterocycles. The minimum Gasteiger partial charge on any atom is -0.406 e. The van der Waals surface area contributed by atoms with E-state index in [1.807, 2.05) is 28.5 Å². The van der Waals surface area contributed by atoms with Crippen LogP contribution in [-0.4, -0.2) is 48.3 Å². The van der Waals surface area contributed by atoms with Gasteiger partial charge in [-0.1, -0.05) is 18.2 Å². The van der Waals surface area contributed by atoms with Crippen LogP contribution in [0.15, 0.2) is 60.0 Å². The van der Waals surface area contributed by atoms with E-state index in [1.165, 1.54) is 35.6 Å². The lowest BCUT2D eigenvalue weighted by atomic mass is 10.2. The summed E-state index contributed by atoms with van der Waals surface area (Å²) in [5.41, 5.74) is 2.39. The third-order valence-electron chi connectivity index (χ3n) is 4.98. The molecule has 2 aromatic carbocycles. The Morgan fingerprint density at radius 3 is 2.38 bits per heavy atom. The molecule has 2 heterocycles. The van der Waals surface area contributed by atoms with Crippen LogP contribution in [0, 0.1) is 0 Å². The summed E-state index contributed by atoms with van der Waals surface area (Å²) < 4.78 is 40.6. The first-order valence-electron chi connectivity index (χ1n) is 10.0. The Hall–Kier alpha value is -3.27. The van der Waals surface area contributed by atoms with Crippen LogP contribution >= 0.6 is 11.3 Å². The van der Waals surface area contributed by atoms with Gasteiger partial charge in [0.15, 0.2) is 5.13 Å². The largest absolute Gasteiger partial charge is 0.573 e. The summed E-state index contributed by atoms with van der Waals surface area (Å²) in [4.78, 5) is 21.2. The third kappa shape index (κ3) is 5.91. The van der Waals surface area contributed by atoms with Gasteiger partial charge in [0.25, 0.3) is 0 Å². The summed E-state index contributed by atoms with van der Waals surface area (Å²) in [5, 5.41) is 5.40. The number of para-hydroxylation sites is 1. The predicted molar refractivity (Wildman–Crippen MR) is 117 cm³/mol. The van der Waals surface area contributed by atoms with Gasteiger partial charge < -0.3 is 19.9 Å². The number of carbonyl (C=O) groups is 1. The minimum absolute atomic E-state index is 0.0308. The van der Waals surface area contributed by atoms with E-state index in [2.05, 4.69) is 32.1 Å². The Morgan fingerprint density at radius 2 is 1.72 bits per heavy atom. The van der Waals surface area contributed by atoms with Crippen molar-refractivity contribution in [1.82, 2.24) is 9.88 Å². The Bertz CT molecular complexity index is 1030. The molecule has 1 aliphatic heterocycles. The van der Waals surface area contributed by atoms with Crippen molar-refractivity contribution in [2.24, 2.45) is 0 Å². The zero-order chi connectivity index (χ0) is 22.6. The second kappa shape index (κ2) is 9.47. The number of halogens is 3. The molecule has 0 radical (unpaired) electrons. The summed E-state index contributed by atoms with van der Waals surface area (Å²) in [6.07, 6.45) is -4.51. The molecule has 1 aliphatic rings. The van der Waals surface area contributed by atoms with Gasteiger partial charge in [0.1, 0.15) is 5.75 Å². The van der Waals surface area contributed by atoms with Gasteiger partial charge in [0.05, 0.1) is 12.1 Å². The van der Waals surface area contributed by atoms with Crippen LogP contribution in [0.4, 0.5) is 29.7 Å². The van der Waals surface area contributed by atoms with Crippen LogP contribution < -0.4 is 15.0 Å². The van der Waals surface area contributed by atoms with Crippen LogP contribution in [0.1, 0.15) is 5.69 Å². The Morgan fingerprint density at radius 1 is 1.03 bits per heavy atom. The summed E-state index contributed by atoms with van der Waals surface area (Å²) in [7, 11) is 0. The molecular weight excluding hydrogens is 441 g/mol. The summed E-state index contributed by atoms with van der Waals surface area (Å²) >= 11 is 1.33. The van der Waals surface area contributed by atoms with Gasteiger partial charge in [-0.3, -0.25) is 4.79 Å². The molecule has 0 bridgehead atoms. The summed E-state index contributed by atoms with van der Waals surface area (Å²) in [6, 6.07) is 15.5. The van der Waals surface area contributed by atoms with Gasteiger partial charge in [0, 0.05) is 42.9 Å². The van der Waals surface area contributed by atoms with Crippen molar-refractivity contribution in [2.45, 2.75) is 12.8 Å². The molecule has 168 valence electrons. The lowest BCUT2D eigenvalue weighted by Crippen LogP contribution is -2.49. The van der Waals surface area contributed by atoms with Crippen molar-refractivity contribution >= 4 is 33.8 Å². The number of carbonyl (C=O) groups excluding carboxylic acids is 1. The number of benzene rings is 2. The monoisotopic (exact) mass is 462 g/mol. The van der Waals surface area contributed by atoms with Gasteiger partial charge in [-0.2, -0.15) is 0 Å². The lowest BCUT2D eigenvalue weighted by Gasteiger charge is -2.36. The SMILES string of the molecule is O=C(Cc1csc(Nc2ccc(OC(F)(F)F)cc2)n1)N1CCN(c2ccccc2)CC1. The normalized spacial score (nSPS) is 14.3. The maximum absolute atomic E-state index is 12.7. The first-order chi connectivity index (χ1) is 15.4. The molecule has 10 heteroatoms. The van der Waals surface area contributed by atoms with E-state index in [1.54, 1.807) is 0 Å². The summed E-state index contributed by atoms with van der Waals surface area (Å²) in [5.74, 6) is -0.260. The molecular formula is C22H21F3N4O2S. The molecule has 32 heavy (non-hydrogen) atoms. The molecule has 6 nitrogen and oxygen atoms in total. The highest BCUT2D eigenvalue weighted by atomic mass is 32.1. The number of hydrogen-bond acceptors (Lipinski definition) is 6. The van der Waals surface area contributed by atoms with Gasteiger partial charge >= 0.3 is 6.36 Å². The molecule has 1 saturated heterocycles. The number of ether oxygens (including phenoxy) is 1. The molecule has 1 N–H and O–H groups in total. The first kappa shape index (κ1) is 21.9. The third-order valence-corrected chi connectivity index (χ3v) is 5.78. The number of thiazole rings is 1. The van der Waals surface area contributed by atoms with Crippen molar-refractivity contribution in [3.8, 4) is 5.75 Å². The van der Waals surface area contributed by atoms with Crippen molar-refractivity contribution in [2.75, 3.05) is 36.4 Å². The van der Waals surface area contributed by atoms with Crippen LogP contribution in [0.25, 0.3) is 0 Å². The predicted octanol–water partition coefficient (Wildman–Crippen LogP) is 4.68. The fourth-order valence-electron chi connectivity index (χ4n) is 3.43. The highest BCUT2D eigenvalue weighted by Gasteiger charge is 2.31. The molecule has 0 atom stereocenters. The van der Waals surface area contributed by atoms with Crippen LogP contribution in [0.2, 0.25) is 0 Å². The zero-order valence-corrected chi connectivity index (χ0v) is 17.8. The van der Waals surface area contributed by atoms with Gasteiger partial charge in [0.2, 0.25) is 5.91 Å². The van der Waals surface area contributed by atoms with E-state index in [9.17, 15) is 18.0 Å². The maximum Gasteiger partial charge on any atom is 0.573 e. The van der Waals surface area contributed by atoms with Gasteiger partial charge in [-0.25, -0.2) is 4.98 Å². The highest BCUT2D eigenvalue weighted by molar-refractivity contribution is 7.13. The van der Waals surface area contributed by atoms with Crippen LogP contribution in [0.3, 0.4) is 0 Å².